The van der Waals surface area contributed by atoms with Crippen LogP contribution >= 0.6 is 23.4 Å². The summed E-state index contributed by atoms with van der Waals surface area (Å²) in [6.45, 7) is 4.37. The Bertz CT molecular complexity index is 913. The Hall–Kier alpha value is -1.98. The first-order chi connectivity index (χ1) is 16.0. The molecule has 1 N–H and O–H groups in total. The van der Waals surface area contributed by atoms with E-state index >= 15 is 0 Å². The third-order valence-corrected chi connectivity index (χ3v) is 7.62. The van der Waals surface area contributed by atoms with Crippen molar-refractivity contribution in [3.63, 3.8) is 0 Å². The molecule has 1 fully saturated rings. The number of halogens is 1. The maximum atomic E-state index is 13.4. The minimum absolute atomic E-state index is 0.0137. The van der Waals surface area contributed by atoms with E-state index in [-0.39, 0.29) is 17.9 Å². The highest BCUT2D eigenvalue weighted by molar-refractivity contribution is 7.99. The summed E-state index contributed by atoms with van der Waals surface area (Å²) in [5.74, 6) is 0.609. The summed E-state index contributed by atoms with van der Waals surface area (Å²) in [6.07, 6.45) is 6.53. The highest BCUT2D eigenvalue weighted by Gasteiger charge is 2.30. The SMILES string of the molecule is CC[C@@H](C(=O)NC1CCCCC1)N(Cc1ccccc1Cl)C(=O)CCSc1ccc(C)cc1. The molecule has 33 heavy (non-hydrogen) atoms. The number of aryl methyl sites for hydroxylation is 1. The van der Waals surface area contributed by atoms with Crippen molar-refractivity contribution in [1.29, 1.82) is 0 Å². The highest BCUT2D eigenvalue weighted by Crippen LogP contribution is 2.24. The number of hydrogen-bond donors (Lipinski definition) is 1. The van der Waals surface area contributed by atoms with E-state index in [0.29, 0.717) is 30.2 Å². The monoisotopic (exact) mass is 486 g/mol. The zero-order valence-corrected chi connectivity index (χ0v) is 21.3. The molecule has 1 saturated carbocycles. The van der Waals surface area contributed by atoms with Gasteiger partial charge in [-0.3, -0.25) is 9.59 Å². The van der Waals surface area contributed by atoms with Crippen LogP contribution in [0.15, 0.2) is 53.4 Å². The highest BCUT2D eigenvalue weighted by atomic mass is 35.5. The molecule has 1 atom stereocenters. The third kappa shape index (κ3) is 7.79. The maximum Gasteiger partial charge on any atom is 0.243 e. The van der Waals surface area contributed by atoms with Gasteiger partial charge in [0.25, 0.3) is 0 Å². The van der Waals surface area contributed by atoms with Gasteiger partial charge in [-0.05, 0) is 49.9 Å². The van der Waals surface area contributed by atoms with Crippen LogP contribution in [0.1, 0.15) is 63.0 Å². The molecule has 2 aromatic rings. The number of carbonyl (C=O) groups is 2. The number of nitrogens with one attached hydrogen (secondary N) is 1. The van der Waals surface area contributed by atoms with Crippen LogP contribution in [-0.4, -0.2) is 34.6 Å². The topological polar surface area (TPSA) is 49.4 Å². The van der Waals surface area contributed by atoms with Crippen LogP contribution in [0.3, 0.4) is 0 Å². The maximum absolute atomic E-state index is 13.4. The standard InChI is InChI=1S/C27H35ClN2O2S/c1-3-25(27(32)29-22-10-5-4-6-11-22)30(19-21-9-7-8-12-24(21)28)26(31)17-18-33-23-15-13-20(2)14-16-23/h7-9,12-16,22,25H,3-6,10-11,17-19H2,1-2H3,(H,29,32)/t25-/m0/s1. The van der Waals surface area contributed by atoms with Crippen molar-refractivity contribution in [2.45, 2.75) is 82.3 Å². The summed E-state index contributed by atoms with van der Waals surface area (Å²) in [5.41, 5.74) is 2.08. The molecule has 1 aliphatic carbocycles. The number of nitrogens with zero attached hydrogens (tertiary/aromatic N) is 1. The number of carbonyl (C=O) groups excluding carboxylic acids is 2. The van der Waals surface area contributed by atoms with Crippen molar-refractivity contribution in [3.8, 4) is 0 Å². The average molecular weight is 487 g/mol. The first-order valence-corrected chi connectivity index (χ1v) is 13.4. The van der Waals surface area contributed by atoms with E-state index in [1.54, 1.807) is 16.7 Å². The molecule has 0 aliphatic heterocycles. The van der Waals surface area contributed by atoms with Crippen molar-refractivity contribution < 1.29 is 9.59 Å². The summed E-state index contributed by atoms with van der Waals surface area (Å²) in [6, 6.07) is 15.6. The summed E-state index contributed by atoms with van der Waals surface area (Å²) >= 11 is 8.08. The van der Waals surface area contributed by atoms with E-state index in [1.807, 2.05) is 31.2 Å². The van der Waals surface area contributed by atoms with Gasteiger partial charge in [0.15, 0.2) is 0 Å². The number of amides is 2. The zero-order chi connectivity index (χ0) is 23.6. The van der Waals surface area contributed by atoms with Gasteiger partial charge in [-0.25, -0.2) is 0 Å². The van der Waals surface area contributed by atoms with Crippen molar-refractivity contribution in [2.24, 2.45) is 0 Å². The van der Waals surface area contributed by atoms with E-state index in [1.165, 1.54) is 12.0 Å². The van der Waals surface area contributed by atoms with Gasteiger partial charge in [-0.2, -0.15) is 0 Å². The summed E-state index contributed by atoms with van der Waals surface area (Å²) < 4.78 is 0. The first-order valence-electron chi connectivity index (χ1n) is 12.0. The largest absolute Gasteiger partial charge is 0.352 e. The van der Waals surface area contributed by atoms with Gasteiger partial charge in [0.05, 0.1) is 0 Å². The molecule has 0 saturated heterocycles. The lowest BCUT2D eigenvalue weighted by Gasteiger charge is -2.33. The summed E-state index contributed by atoms with van der Waals surface area (Å²) in [7, 11) is 0. The van der Waals surface area contributed by atoms with Crippen LogP contribution in [0.4, 0.5) is 0 Å². The lowest BCUT2D eigenvalue weighted by atomic mass is 9.95. The van der Waals surface area contributed by atoms with E-state index in [4.69, 9.17) is 11.6 Å². The fourth-order valence-electron chi connectivity index (χ4n) is 4.31. The number of thioether (sulfide) groups is 1. The van der Waals surface area contributed by atoms with Crippen molar-refractivity contribution >= 4 is 35.2 Å². The van der Waals surface area contributed by atoms with Crippen LogP contribution in [0.2, 0.25) is 5.02 Å². The summed E-state index contributed by atoms with van der Waals surface area (Å²) in [4.78, 5) is 29.5. The second kappa shape index (κ2) is 13.0. The molecule has 0 radical (unpaired) electrons. The van der Waals surface area contributed by atoms with Crippen LogP contribution in [0.25, 0.3) is 0 Å². The smallest absolute Gasteiger partial charge is 0.243 e. The Kier molecular flexibility index (Phi) is 10.1. The molecule has 0 bridgehead atoms. The molecule has 178 valence electrons. The Morgan fingerprint density at radius 1 is 1.09 bits per heavy atom. The normalized spacial score (nSPS) is 15.1. The van der Waals surface area contributed by atoms with Crippen molar-refractivity contribution in [3.05, 3.63) is 64.7 Å². The van der Waals surface area contributed by atoms with E-state index in [2.05, 4.69) is 36.5 Å². The van der Waals surface area contributed by atoms with Gasteiger partial charge in [0.2, 0.25) is 11.8 Å². The molecule has 3 rings (SSSR count). The quantitative estimate of drug-likeness (QED) is 0.396. The van der Waals surface area contributed by atoms with Crippen molar-refractivity contribution in [2.75, 3.05) is 5.75 Å². The van der Waals surface area contributed by atoms with Gasteiger partial charge in [-0.15, -0.1) is 11.8 Å². The predicted molar refractivity (Wildman–Crippen MR) is 138 cm³/mol. The Morgan fingerprint density at radius 3 is 2.45 bits per heavy atom. The van der Waals surface area contributed by atoms with Gasteiger partial charge < -0.3 is 10.2 Å². The van der Waals surface area contributed by atoms with Gasteiger partial charge in [-0.1, -0.05) is 73.7 Å². The lowest BCUT2D eigenvalue weighted by Crippen LogP contribution is -2.51. The second-order valence-electron chi connectivity index (χ2n) is 8.79. The van der Waals surface area contributed by atoms with Crippen LogP contribution in [0, 0.1) is 6.92 Å². The molecule has 2 aromatic carbocycles. The molecular weight excluding hydrogens is 452 g/mol. The van der Waals surface area contributed by atoms with Gasteiger partial charge in [0.1, 0.15) is 6.04 Å². The minimum atomic E-state index is -0.500. The molecule has 0 aromatic heterocycles. The lowest BCUT2D eigenvalue weighted by molar-refractivity contribution is -0.141. The van der Waals surface area contributed by atoms with Gasteiger partial charge in [0, 0.05) is 34.7 Å². The molecule has 0 heterocycles. The third-order valence-electron chi connectivity index (χ3n) is 6.24. The predicted octanol–water partition coefficient (Wildman–Crippen LogP) is 6.39. The number of hydrogen-bond acceptors (Lipinski definition) is 3. The molecule has 4 nitrogen and oxygen atoms in total. The molecule has 6 heteroatoms. The summed E-state index contributed by atoms with van der Waals surface area (Å²) in [5, 5.41) is 3.84. The van der Waals surface area contributed by atoms with Crippen LogP contribution in [0.5, 0.6) is 0 Å². The van der Waals surface area contributed by atoms with Gasteiger partial charge >= 0.3 is 0 Å². The average Bonchev–Trinajstić information content (AvgIpc) is 2.82. The molecule has 1 aliphatic rings. The fourth-order valence-corrected chi connectivity index (χ4v) is 5.34. The minimum Gasteiger partial charge on any atom is -0.352 e. The molecule has 2 amide bonds. The zero-order valence-electron chi connectivity index (χ0n) is 19.7. The van der Waals surface area contributed by atoms with Crippen molar-refractivity contribution in [1.82, 2.24) is 10.2 Å². The molecule has 0 unspecified atom stereocenters. The second-order valence-corrected chi connectivity index (χ2v) is 10.4. The van der Waals surface area contributed by atoms with E-state index in [9.17, 15) is 9.59 Å². The van der Waals surface area contributed by atoms with E-state index in [0.717, 1.165) is 36.1 Å². The van der Waals surface area contributed by atoms with Crippen LogP contribution in [-0.2, 0) is 16.1 Å². The first kappa shape index (κ1) is 25.6. The van der Waals surface area contributed by atoms with E-state index < -0.39 is 6.04 Å². The Balaban J connectivity index is 1.70. The Morgan fingerprint density at radius 2 is 1.79 bits per heavy atom. The van der Waals surface area contributed by atoms with Crippen LogP contribution < -0.4 is 5.32 Å². The Labute approximate surface area is 207 Å². The number of rotatable bonds is 10. The molecular formula is C27H35ClN2O2S. The molecule has 0 spiro atoms. The fraction of sp³-hybridized carbons (Fsp3) is 0.481. The number of benzene rings is 2.